The highest BCUT2D eigenvalue weighted by Gasteiger charge is 2.59. The van der Waals surface area contributed by atoms with Crippen LogP contribution in [0.1, 0.15) is 35.8 Å². The smallest absolute Gasteiger partial charge is 0.338 e. The number of nitrogens with zero attached hydrogens (tertiary/aromatic N) is 2. The summed E-state index contributed by atoms with van der Waals surface area (Å²) in [6.07, 6.45) is 0. The van der Waals surface area contributed by atoms with E-state index in [0.29, 0.717) is 28.7 Å². The fraction of sp³-hybridized carbons (Fsp3) is 0.348. The Balaban J connectivity index is 1.81. The van der Waals surface area contributed by atoms with Crippen LogP contribution in [0.3, 0.4) is 0 Å². The first-order valence-corrected chi connectivity index (χ1v) is 11.4. The van der Waals surface area contributed by atoms with Gasteiger partial charge in [0.2, 0.25) is 5.91 Å². The fourth-order valence-corrected chi connectivity index (χ4v) is 5.15. The topological polar surface area (TPSA) is 71.1 Å². The van der Waals surface area contributed by atoms with Crippen molar-refractivity contribution < 1.29 is 19.1 Å². The van der Waals surface area contributed by atoms with Crippen molar-refractivity contribution in [2.45, 2.75) is 25.6 Å². The molecule has 2 heterocycles. The summed E-state index contributed by atoms with van der Waals surface area (Å²) in [5.74, 6) is -0.354. The highest BCUT2D eigenvalue weighted by Crippen LogP contribution is 2.50. The number of anilines is 1. The van der Waals surface area contributed by atoms with E-state index < -0.39 is 17.6 Å². The molecule has 3 unspecified atom stereocenters. The molecule has 3 atom stereocenters. The average Bonchev–Trinajstić information content (AvgIpc) is 2.74. The molecule has 0 aromatic heterocycles. The molecule has 9 heteroatoms. The standard InChI is InChI=1S/C23H24BrN3O4S/c1-5-30-21(29)13-6-9-15(10-7-13)27-22(32)25-19-16-12-14(24)8-11-17(16)31-23(27,2)18(19)20(28)26(3)4/h6-12,18-19H,5H2,1-4H3,(H,25,32). The number of hydrogen-bond donors (Lipinski definition) is 1. The summed E-state index contributed by atoms with van der Waals surface area (Å²) < 4.78 is 12.5. The number of carbonyl (C=O) groups excluding carboxylic acids is 2. The van der Waals surface area contributed by atoms with Gasteiger partial charge in [0.15, 0.2) is 10.8 Å². The van der Waals surface area contributed by atoms with Crippen LogP contribution in [0.5, 0.6) is 5.75 Å². The van der Waals surface area contributed by atoms with E-state index in [1.165, 1.54) is 0 Å². The maximum Gasteiger partial charge on any atom is 0.338 e. The number of carbonyl (C=O) groups is 2. The van der Waals surface area contributed by atoms with Gasteiger partial charge >= 0.3 is 5.97 Å². The predicted molar refractivity (Wildman–Crippen MR) is 129 cm³/mol. The van der Waals surface area contributed by atoms with Crippen LogP contribution in [0, 0.1) is 5.92 Å². The Bertz CT molecular complexity index is 1090. The van der Waals surface area contributed by atoms with Gasteiger partial charge < -0.3 is 19.7 Å². The zero-order chi connectivity index (χ0) is 23.2. The van der Waals surface area contributed by atoms with Crippen molar-refractivity contribution in [3.63, 3.8) is 0 Å². The average molecular weight is 518 g/mol. The van der Waals surface area contributed by atoms with Gasteiger partial charge in [0.25, 0.3) is 0 Å². The Hall–Kier alpha value is -2.65. The maximum atomic E-state index is 13.4. The first-order chi connectivity index (χ1) is 15.2. The molecule has 2 aromatic rings. The summed E-state index contributed by atoms with van der Waals surface area (Å²) >= 11 is 9.25. The van der Waals surface area contributed by atoms with Gasteiger partial charge in [-0.15, -0.1) is 0 Å². The third kappa shape index (κ3) is 3.63. The van der Waals surface area contributed by atoms with Gasteiger partial charge in [-0.25, -0.2) is 4.79 Å². The van der Waals surface area contributed by atoms with E-state index in [2.05, 4.69) is 21.2 Å². The summed E-state index contributed by atoms with van der Waals surface area (Å²) in [6.45, 7) is 3.95. The SMILES string of the molecule is CCOC(=O)c1ccc(N2C(=S)NC3c4cc(Br)ccc4OC2(C)C3C(=O)N(C)C)cc1. The van der Waals surface area contributed by atoms with Crippen molar-refractivity contribution >= 4 is 50.8 Å². The fourth-order valence-electron chi connectivity index (χ4n) is 4.36. The lowest BCUT2D eigenvalue weighted by atomic mass is 9.78. The first-order valence-electron chi connectivity index (χ1n) is 10.2. The van der Waals surface area contributed by atoms with Crippen LogP contribution in [-0.2, 0) is 9.53 Å². The molecular formula is C23H24BrN3O4S. The molecule has 2 aliphatic rings. The number of ether oxygens (including phenoxy) is 2. The zero-order valence-corrected chi connectivity index (χ0v) is 20.6. The molecule has 1 saturated heterocycles. The Labute approximate surface area is 200 Å². The van der Waals surface area contributed by atoms with E-state index in [0.717, 1.165) is 10.0 Å². The van der Waals surface area contributed by atoms with Crippen LogP contribution in [-0.4, -0.2) is 48.3 Å². The summed E-state index contributed by atoms with van der Waals surface area (Å²) in [5.41, 5.74) is 0.932. The molecule has 0 aliphatic carbocycles. The highest BCUT2D eigenvalue weighted by molar-refractivity contribution is 9.10. The lowest BCUT2D eigenvalue weighted by molar-refractivity contribution is -0.144. The van der Waals surface area contributed by atoms with Crippen molar-refractivity contribution in [1.82, 2.24) is 10.2 Å². The number of thiocarbonyl (C=S) groups is 1. The molecular weight excluding hydrogens is 494 g/mol. The molecule has 2 bridgehead atoms. The van der Waals surface area contributed by atoms with E-state index in [-0.39, 0.29) is 11.9 Å². The van der Waals surface area contributed by atoms with Crippen molar-refractivity contribution in [3.05, 3.63) is 58.1 Å². The van der Waals surface area contributed by atoms with Crippen LogP contribution in [0.25, 0.3) is 0 Å². The minimum atomic E-state index is -1.08. The number of benzene rings is 2. The van der Waals surface area contributed by atoms with Gasteiger partial charge in [-0.3, -0.25) is 9.69 Å². The molecule has 0 spiro atoms. The van der Waals surface area contributed by atoms with Gasteiger partial charge in [0.1, 0.15) is 11.7 Å². The Morgan fingerprint density at radius 2 is 1.94 bits per heavy atom. The lowest BCUT2D eigenvalue weighted by Crippen LogP contribution is -2.72. The quantitative estimate of drug-likeness (QED) is 0.487. The van der Waals surface area contributed by atoms with E-state index in [4.69, 9.17) is 21.7 Å². The normalized spacial score (nSPS) is 23.5. The van der Waals surface area contributed by atoms with E-state index in [9.17, 15) is 9.59 Å². The number of rotatable bonds is 4. The zero-order valence-electron chi connectivity index (χ0n) is 18.2. The van der Waals surface area contributed by atoms with Gasteiger partial charge in [-0.2, -0.15) is 0 Å². The number of halogens is 1. The molecule has 2 aromatic carbocycles. The van der Waals surface area contributed by atoms with Crippen molar-refractivity contribution in [1.29, 1.82) is 0 Å². The van der Waals surface area contributed by atoms with Crippen LogP contribution in [0.2, 0.25) is 0 Å². The third-order valence-electron chi connectivity index (χ3n) is 5.80. The van der Waals surface area contributed by atoms with Crippen LogP contribution >= 0.6 is 28.1 Å². The van der Waals surface area contributed by atoms with Crippen molar-refractivity contribution in [3.8, 4) is 5.75 Å². The minimum absolute atomic E-state index is 0.0775. The van der Waals surface area contributed by atoms with Gasteiger partial charge in [-0.1, -0.05) is 15.9 Å². The monoisotopic (exact) mass is 517 g/mol. The second-order valence-corrected chi connectivity index (χ2v) is 9.38. The van der Waals surface area contributed by atoms with Crippen LogP contribution in [0.4, 0.5) is 5.69 Å². The Morgan fingerprint density at radius 3 is 2.56 bits per heavy atom. The first kappa shape index (κ1) is 22.5. The lowest BCUT2D eigenvalue weighted by Gasteiger charge is -2.56. The second-order valence-electron chi connectivity index (χ2n) is 8.08. The van der Waals surface area contributed by atoms with Crippen molar-refractivity contribution in [2.24, 2.45) is 5.92 Å². The van der Waals surface area contributed by atoms with E-state index in [1.807, 2.05) is 30.0 Å². The summed E-state index contributed by atoms with van der Waals surface area (Å²) in [6, 6.07) is 12.3. The molecule has 2 aliphatic heterocycles. The Morgan fingerprint density at radius 1 is 1.25 bits per heavy atom. The number of esters is 1. The van der Waals surface area contributed by atoms with E-state index >= 15 is 0 Å². The summed E-state index contributed by atoms with van der Waals surface area (Å²) in [7, 11) is 3.46. The molecule has 32 heavy (non-hydrogen) atoms. The van der Waals surface area contributed by atoms with Crippen LogP contribution in [0.15, 0.2) is 46.9 Å². The number of fused-ring (bicyclic) bond motifs is 4. The van der Waals surface area contributed by atoms with E-state index in [1.54, 1.807) is 50.2 Å². The number of nitrogens with one attached hydrogen (secondary N) is 1. The molecule has 0 radical (unpaired) electrons. The maximum absolute atomic E-state index is 13.4. The van der Waals surface area contributed by atoms with Gasteiger partial charge in [0, 0.05) is 29.8 Å². The summed E-state index contributed by atoms with van der Waals surface area (Å²) in [5, 5.41) is 3.81. The number of hydrogen-bond acceptors (Lipinski definition) is 5. The number of amides is 1. The molecule has 0 saturated carbocycles. The highest BCUT2D eigenvalue weighted by atomic mass is 79.9. The van der Waals surface area contributed by atoms with Gasteiger partial charge in [0.05, 0.1) is 18.2 Å². The molecule has 1 amide bonds. The second kappa shape index (κ2) is 8.37. The molecule has 168 valence electrons. The van der Waals surface area contributed by atoms with Crippen LogP contribution < -0.4 is 15.0 Å². The molecule has 1 fully saturated rings. The minimum Gasteiger partial charge on any atom is -0.467 e. The van der Waals surface area contributed by atoms with Crippen molar-refractivity contribution in [2.75, 3.05) is 25.6 Å². The third-order valence-corrected chi connectivity index (χ3v) is 6.60. The molecule has 7 nitrogen and oxygen atoms in total. The van der Waals surface area contributed by atoms with Gasteiger partial charge in [-0.05, 0) is 68.5 Å². The Kier molecular flexibility index (Phi) is 5.89. The summed E-state index contributed by atoms with van der Waals surface area (Å²) in [4.78, 5) is 28.8. The molecule has 1 N–H and O–H groups in total. The molecule has 4 rings (SSSR count). The predicted octanol–water partition coefficient (Wildman–Crippen LogP) is 3.87. The largest absolute Gasteiger partial charge is 0.467 e.